The van der Waals surface area contributed by atoms with Gasteiger partial charge in [0.05, 0.1) is 6.61 Å². The lowest BCUT2D eigenvalue weighted by Gasteiger charge is -2.31. The largest absolute Gasteiger partial charge is 0.459 e. The molecule has 1 rings (SSSR count). The van der Waals surface area contributed by atoms with Gasteiger partial charge in [-0.05, 0) is 18.8 Å². The zero-order chi connectivity index (χ0) is 13.1. The van der Waals surface area contributed by atoms with Crippen molar-refractivity contribution in [2.45, 2.75) is 34.1 Å². The Labute approximate surface area is 103 Å². The van der Waals surface area contributed by atoms with E-state index in [1.807, 2.05) is 6.08 Å². The molecule has 0 N–H and O–H groups in total. The van der Waals surface area contributed by atoms with E-state index in [1.165, 1.54) is 10.5 Å². The van der Waals surface area contributed by atoms with Crippen molar-refractivity contribution in [3.8, 4) is 0 Å². The molecule has 1 amide bonds. The summed E-state index contributed by atoms with van der Waals surface area (Å²) in [4.78, 5) is 24.5. The molecule has 1 aliphatic rings. The fraction of sp³-hybridized carbons (Fsp3) is 0.692. The molecule has 0 unspecified atom stereocenters. The number of carbonyl (C=O) groups is 2. The summed E-state index contributed by atoms with van der Waals surface area (Å²) in [6.45, 7) is 9.50. The van der Waals surface area contributed by atoms with Crippen LogP contribution in [0.3, 0.4) is 0 Å². The third-order valence-corrected chi connectivity index (χ3v) is 2.91. The van der Waals surface area contributed by atoms with Gasteiger partial charge in [0.25, 0.3) is 0 Å². The van der Waals surface area contributed by atoms with Crippen LogP contribution in [0.4, 0.5) is 0 Å². The molecule has 0 saturated heterocycles. The van der Waals surface area contributed by atoms with E-state index < -0.39 is 11.9 Å². The van der Waals surface area contributed by atoms with Crippen LogP contribution in [0.25, 0.3) is 0 Å². The Hall–Kier alpha value is -1.32. The highest BCUT2D eigenvalue weighted by Crippen LogP contribution is 2.29. The number of hydrogen-bond acceptors (Lipinski definition) is 3. The van der Waals surface area contributed by atoms with Gasteiger partial charge >= 0.3 is 11.9 Å². The van der Waals surface area contributed by atoms with Crippen molar-refractivity contribution in [1.29, 1.82) is 0 Å². The van der Waals surface area contributed by atoms with Gasteiger partial charge in [-0.1, -0.05) is 32.4 Å². The van der Waals surface area contributed by atoms with E-state index in [0.29, 0.717) is 13.1 Å². The van der Waals surface area contributed by atoms with E-state index in [-0.39, 0.29) is 12.0 Å². The fourth-order valence-electron chi connectivity index (χ4n) is 1.86. The zero-order valence-electron chi connectivity index (χ0n) is 11.1. The average molecular weight is 239 g/mol. The maximum atomic E-state index is 11.7. The van der Waals surface area contributed by atoms with Crippen LogP contribution in [0.1, 0.15) is 34.1 Å². The highest BCUT2D eigenvalue weighted by molar-refractivity contribution is 6.32. The van der Waals surface area contributed by atoms with Crippen molar-refractivity contribution >= 4 is 11.9 Å². The van der Waals surface area contributed by atoms with Gasteiger partial charge < -0.3 is 9.64 Å². The topological polar surface area (TPSA) is 46.6 Å². The molecule has 0 bridgehead atoms. The Kier molecular flexibility index (Phi) is 4.32. The molecule has 1 aliphatic heterocycles. The number of carbonyl (C=O) groups excluding carboxylic acids is 2. The molecular formula is C13H21NO3. The van der Waals surface area contributed by atoms with E-state index in [0.717, 1.165) is 6.42 Å². The average Bonchev–Trinajstić information content (AvgIpc) is 2.27. The molecule has 4 nitrogen and oxygen atoms in total. The quantitative estimate of drug-likeness (QED) is 0.398. The number of ether oxygens (including phenoxy) is 1. The summed E-state index contributed by atoms with van der Waals surface area (Å²) in [5, 5.41) is 0. The van der Waals surface area contributed by atoms with Crippen LogP contribution < -0.4 is 0 Å². The van der Waals surface area contributed by atoms with Crippen LogP contribution in [-0.2, 0) is 14.3 Å². The van der Waals surface area contributed by atoms with Gasteiger partial charge in [0.15, 0.2) is 0 Å². The first-order chi connectivity index (χ1) is 7.86. The molecule has 0 saturated carbocycles. The van der Waals surface area contributed by atoms with Gasteiger partial charge in [0, 0.05) is 13.1 Å². The lowest BCUT2D eigenvalue weighted by molar-refractivity contribution is -0.159. The first-order valence-corrected chi connectivity index (χ1v) is 6.01. The highest BCUT2D eigenvalue weighted by atomic mass is 16.5. The van der Waals surface area contributed by atoms with E-state index in [2.05, 4.69) is 20.8 Å². The number of hydrogen-bond donors (Lipinski definition) is 0. The minimum Gasteiger partial charge on any atom is -0.459 e. The summed E-state index contributed by atoms with van der Waals surface area (Å²) in [6.07, 6.45) is 2.87. The molecule has 0 aromatic rings. The van der Waals surface area contributed by atoms with Crippen molar-refractivity contribution in [1.82, 2.24) is 4.90 Å². The smallest absolute Gasteiger partial charge is 0.397 e. The second-order valence-electron chi connectivity index (χ2n) is 5.20. The summed E-state index contributed by atoms with van der Waals surface area (Å²) < 4.78 is 4.70. The van der Waals surface area contributed by atoms with Crippen LogP contribution in [0.2, 0.25) is 0 Å². The van der Waals surface area contributed by atoms with Crippen LogP contribution in [-0.4, -0.2) is 36.5 Å². The van der Waals surface area contributed by atoms with Crippen molar-refractivity contribution in [3.63, 3.8) is 0 Å². The monoisotopic (exact) mass is 239 g/mol. The Morgan fingerprint density at radius 2 is 2.06 bits per heavy atom. The molecule has 0 aromatic carbocycles. The Morgan fingerprint density at radius 1 is 1.41 bits per heavy atom. The van der Waals surface area contributed by atoms with Crippen LogP contribution in [0.5, 0.6) is 0 Å². The first-order valence-electron chi connectivity index (χ1n) is 6.01. The minimum atomic E-state index is -0.750. The maximum Gasteiger partial charge on any atom is 0.397 e. The summed E-state index contributed by atoms with van der Waals surface area (Å²) in [5.74, 6) is -1.28. The van der Waals surface area contributed by atoms with Crippen LogP contribution in [0.15, 0.2) is 11.6 Å². The summed E-state index contributed by atoms with van der Waals surface area (Å²) in [6, 6.07) is 0. The predicted molar refractivity (Wildman–Crippen MR) is 65.4 cm³/mol. The third-order valence-electron chi connectivity index (χ3n) is 2.91. The molecule has 96 valence electrons. The van der Waals surface area contributed by atoms with E-state index in [4.69, 9.17) is 4.74 Å². The van der Waals surface area contributed by atoms with E-state index in [1.54, 1.807) is 6.92 Å². The molecule has 0 spiro atoms. The standard InChI is InChI=1S/C13H21NO3/c1-5-17-12(16)11(15)14-8-6-10(7-9-14)13(2,3)4/h6H,5,7-9H2,1-4H3. The Morgan fingerprint density at radius 3 is 2.47 bits per heavy atom. The molecule has 17 heavy (non-hydrogen) atoms. The van der Waals surface area contributed by atoms with Gasteiger partial charge in [-0.15, -0.1) is 0 Å². The normalized spacial score (nSPS) is 16.5. The van der Waals surface area contributed by atoms with Crippen molar-refractivity contribution in [2.24, 2.45) is 5.41 Å². The van der Waals surface area contributed by atoms with Gasteiger partial charge in [-0.2, -0.15) is 0 Å². The molecule has 0 radical (unpaired) electrons. The number of rotatable bonds is 1. The maximum absolute atomic E-state index is 11.7. The van der Waals surface area contributed by atoms with Crippen LogP contribution >= 0.6 is 0 Å². The zero-order valence-corrected chi connectivity index (χ0v) is 11.1. The summed E-state index contributed by atoms with van der Waals surface area (Å²) >= 11 is 0. The molecule has 0 atom stereocenters. The van der Waals surface area contributed by atoms with Gasteiger partial charge in [0.1, 0.15) is 0 Å². The molecule has 0 aliphatic carbocycles. The second kappa shape index (κ2) is 5.34. The molecule has 0 aromatic heterocycles. The van der Waals surface area contributed by atoms with Crippen molar-refractivity contribution in [2.75, 3.05) is 19.7 Å². The first kappa shape index (κ1) is 13.7. The minimum absolute atomic E-state index is 0.138. The van der Waals surface area contributed by atoms with Gasteiger partial charge in [-0.3, -0.25) is 4.79 Å². The molecule has 0 fully saturated rings. The van der Waals surface area contributed by atoms with Gasteiger partial charge in [0.2, 0.25) is 0 Å². The predicted octanol–water partition coefficient (Wildman–Crippen LogP) is 1.75. The molecule has 1 heterocycles. The van der Waals surface area contributed by atoms with E-state index >= 15 is 0 Å². The fourth-order valence-corrected chi connectivity index (χ4v) is 1.86. The van der Waals surface area contributed by atoms with Crippen molar-refractivity contribution < 1.29 is 14.3 Å². The lowest BCUT2D eigenvalue weighted by Crippen LogP contribution is -2.41. The van der Waals surface area contributed by atoms with Gasteiger partial charge in [-0.25, -0.2) is 4.79 Å². The SMILES string of the molecule is CCOC(=O)C(=O)N1CC=C(C(C)(C)C)CC1. The summed E-state index contributed by atoms with van der Waals surface area (Å²) in [5.41, 5.74) is 1.48. The molecule has 4 heteroatoms. The second-order valence-corrected chi connectivity index (χ2v) is 5.20. The number of nitrogens with zero attached hydrogens (tertiary/aromatic N) is 1. The number of esters is 1. The molecular weight excluding hydrogens is 218 g/mol. The van der Waals surface area contributed by atoms with Crippen LogP contribution in [0, 0.1) is 5.41 Å². The van der Waals surface area contributed by atoms with E-state index in [9.17, 15) is 9.59 Å². The third kappa shape index (κ3) is 3.58. The van der Waals surface area contributed by atoms with Crippen molar-refractivity contribution in [3.05, 3.63) is 11.6 Å². The lowest BCUT2D eigenvalue weighted by atomic mass is 9.83. The number of amides is 1. The highest BCUT2D eigenvalue weighted by Gasteiger charge is 2.27. The Balaban J connectivity index is 2.60. The summed E-state index contributed by atoms with van der Waals surface area (Å²) in [7, 11) is 0. The Bertz CT molecular complexity index is 339.